The van der Waals surface area contributed by atoms with E-state index in [4.69, 9.17) is 10.5 Å². The van der Waals surface area contributed by atoms with E-state index in [9.17, 15) is 0 Å². The first-order chi connectivity index (χ1) is 8.74. The summed E-state index contributed by atoms with van der Waals surface area (Å²) >= 11 is 1.65. The summed E-state index contributed by atoms with van der Waals surface area (Å²) in [6.07, 6.45) is 6.04. The van der Waals surface area contributed by atoms with E-state index < -0.39 is 0 Å². The van der Waals surface area contributed by atoms with Gasteiger partial charge in [0.25, 0.3) is 0 Å². The van der Waals surface area contributed by atoms with Gasteiger partial charge in [-0.25, -0.2) is 9.97 Å². The summed E-state index contributed by atoms with van der Waals surface area (Å²) in [7, 11) is 0. The molecule has 0 spiro atoms. The number of aryl methyl sites for hydroxylation is 1. The van der Waals surface area contributed by atoms with Gasteiger partial charge >= 0.3 is 0 Å². The van der Waals surface area contributed by atoms with Crippen LogP contribution in [0, 0.1) is 6.92 Å². The quantitative estimate of drug-likeness (QED) is 0.904. The molecule has 96 valence electrons. The van der Waals surface area contributed by atoms with Crippen molar-refractivity contribution in [1.82, 2.24) is 9.97 Å². The summed E-state index contributed by atoms with van der Waals surface area (Å²) < 4.78 is 7.08. The first-order valence-electron chi connectivity index (χ1n) is 6.35. The molecule has 2 unspecified atom stereocenters. The van der Waals surface area contributed by atoms with Gasteiger partial charge in [-0.1, -0.05) is 0 Å². The Bertz CT molecular complexity index is 554. The summed E-state index contributed by atoms with van der Waals surface area (Å²) in [4.78, 5) is 8.58. The van der Waals surface area contributed by atoms with Crippen molar-refractivity contribution in [3.8, 4) is 5.88 Å². The topological polar surface area (TPSA) is 61.0 Å². The van der Waals surface area contributed by atoms with Gasteiger partial charge in [-0.15, -0.1) is 11.3 Å². The van der Waals surface area contributed by atoms with Crippen LogP contribution in [-0.2, 0) is 0 Å². The van der Waals surface area contributed by atoms with Gasteiger partial charge < -0.3 is 10.5 Å². The second-order valence-electron chi connectivity index (χ2n) is 4.94. The average Bonchev–Trinajstić information content (AvgIpc) is 2.73. The number of aromatic nitrogens is 2. The van der Waals surface area contributed by atoms with E-state index in [0.29, 0.717) is 0 Å². The van der Waals surface area contributed by atoms with Crippen molar-refractivity contribution in [3.05, 3.63) is 17.3 Å². The maximum absolute atomic E-state index is 6.03. The lowest BCUT2D eigenvalue weighted by Crippen LogP contribution is -2.33. The lowest BCUT2D eigenvalue weighted by molar-refractivity contribution is 0.141. The Morgan fingerprint density at radius 3 is 3.11 bits per heavy atom. The summed E-state index contributed by atoms with van der Waals surface area (Å²) in [6.45, 7) is 2.06. The number of fused-ring (bicyclic) bond motifs is 1. The van der Waals surface area contributed by atoms with Crippen LogP contribution in [0.1, 0.15) is 31.2 Å². The van der Waals surface area contributed by atoms with Crippen LogP contribution in [0.2, 0.25) is 0 Å². The molecule has 0 amide bonds. The van der Waals surface area contributed by atoms with Crippen molar-refractivity contribution in [3.63, 3.8) is 0 Å². The molecule has 0 bridgehead atoms. The van der Waals surface area contributed by atoms with Crippen LogP contribution in [0.15, 0.2) is 11.7 Å². The molecule has 2 N–H and O–H groups in total. The van der Waals surface area contributed by atoms with Crippen molar-refractivity contribution >= 4 is 21.6 Å². The highest BCUT2D eigenvalue weighted by atomic mass is 32.1. The Morgan fingerprint density at radius 1 is 1.39 bits per heavy atom. The molecule has 2 aromatic heterocycles. The molecule has 1 aliphatic carbocycles. The van der Waals surface area contributed by atoms with E-state index in [-0.39, 0.29) is 12.1 Å². The molecule has 1 aliphatic rings. The molecule has 2 aromatic rings. The van der Waals surface area contributed by atoms with Crippen LogP contribution in [0.5, 0.6) is 5.88 Å². The third-order valence-corrected chi connectivity index (χ3v) is 4.52. The highest BCUT2D eigenvalue weighted by Gasteiger charge is 2.22. The van der Waals surface area contributed by atoms with Gasteiger partial charge in [0.05, 0.1) is 5.52 Å². The van der Waals surface area contributed by atoms with Crippen LogP contribution < -0.4 is 10.5 Å². The maximum Gasteiger partial charge on any atom is 0.235 e. The molecule has 2 atom stereocenters. The first-order valence-corrected chi connectivity index (χ1v) is 7.23. The Morgan fingerprint density at radius 2 is 2.28 bits per heavy atom. The van der Waals surface area contributed by atoms with E-state index in [1.54, 1.807) is 17.7 Å². The standard InChI is InChI=1S/C13H17N3OS/c1-8-6-18-12-11(8)15-7-16-13(12)17-10-4-2-3-9(14)5-10/h6-7,9-10H,2-5,14H2,1H3. The van der Waals surface area contributed by atoms with E-state index >= 15 is 0 Å². The molecular weight excluding hydrogens is 246 g/mol. The zero-order valence-corrected chi connectivity index (χ0v) is 11.2. The fraction of sp³-hybridized carbons (Fsp3) is 0.538. The first kappa shape index (κ1) is 11.9. The second kappa shape index (κ2) is 4.82. The van der Waals surface area contributed by atoms with Crippen LogP contribution >= 0.6 is 11.3 Å². The number of hydrogen-bond acceptors (Lipinski definition) is 5. The van der Waals surface area contributed by atoms with Crippen molar-refractivity contribution in [1.29, 1.82) is 0 Å². The van der Waals surface area contributed by atoms with E-state index in [2.05, 4.69) is 22.3 Å². The van der Waals surface area contributed by atoms with E-state index in [0.717, 1.165) is 41.8 Å². The molecule has 0 saturated heterocycles. The van der Waals surface area contributed by atoms with Crippen molar-refractivity contribution in [2.75, 3.05) is 0 Å². The Balaban J connectivity index is 1.86. The number of nitrogens with two attached hydrogens (primary N) is 1. The minimum absolute atomic E-state index is 0.203. The number of rotatable bonds is 2. The number of thiophene rings is 1. The molecule has 0 radical (unpaired) electrons. The summed E-state index contributed by atoms with van der Waals surface area (Å²) in [5, 5.41) is 2.10. The largest absolute Gasteiger partial charge is 0.473 e. The average molecular weight is 263 g/mol. The van der Waals surface area contributed by atoms with Gasteiger partial charge in [0, 0.05) is 6.04 Å². The molecule has 2 heterocycles. The molecule has 1 fully saturated rings. The zero-order valence-electron chi connectivity index (χ0n) is 10.4. The van der Waals surface area contributed by atoms with Gasteiger partial charge in [-0.2, -0.15) is 0 Å². The van der Waals surface area contributed by atoms with Crippen LogP contribution in [0.25, 0.3) is 10.2 Å². The van der Waals surface area contributed by atoms with E-state index in [1.807, 2.05) is 0 Å². The number of hydrogen-bond donors (Lipinski definition) is 1. The fourth-order valence-corrected chi connectivity index (χ4v) is 3.41. The summed E-state index contributed by atoms with van der Waals surface area (Å²) in [6, 6.07) is 0.270. The lowest BCUT2D eigenvalue weighted by atomic mass is 9.94. The smallest absolute Gasteiger partial charge is 0.235 e. The number of ether oxygens (including phenoxy) is 1. The van der Waals surface area contributed by atoms with Crippen LogP contribution in [0.3, 0.4) is 0 Å². The van der Waals surface area contributed by atoms with Crippen molar-refractivity contribution in [2.45, 2.75) is 44.8 Å². The monoisotopic (exact) mass is 263 g/mol. The fourth-order valence-electron chi connectivity index (χ4n) is 2.48. The lowest BCUT2D eigenvalue weighted by Gasteiger charge is -2.26. The van der Waals surface area contributed by atoms with Gasteiger partial charge in [0.1, 0.15) is 17.1 Å². The van der Waals surface area contributed by atoms with E-state index in [1.165, 1.54) is 5.56 Å². The van der Waals surface area contributed by atoms with Gasteiger partial charge in [-0.05, 0) is 43.6 Å². The second-order valence-corrected chi connectivity index (χ2v) is 5.82. The number of nitrogens with zero attached hydrogens (tertiary/aromatic N) is 2. The highest BCUT2D eigenvalue weighted by molar-refractivity contribution is 7.17. The van der Waals surface area contributed by atoms with Crippen molar-refractivity contribution < 1.29 is 4.74 Å². The third-order valence-electron chi connectivity index (χ3n) is 3.44. The van der Waals surface area contributed by atoms with Crippen LogP contribution in [-0.4, -0.2) is 22.1 Å². The predicted octanol–water partition coefficient (Wildman–Crippen LogP) is 2.65. The summed E-state index contributed by atoms with van der Waals surface area (Å²) in [5.41, 5.74) is 8.17. The normalized spacial score (nSPS) is 24.3. The van der Waals surface area contributed by atoms with Crippen LogP contribution in [0.4, 0.5) is 0 Å². The van der Waals surface area contributed by atoms with Gasteiger partial charge in [-0.3, -0.25) is 0 Å². The Labute approximate surface area is 110 Å². The summed E-state index contributed by atoms with van der Waals surface area (Å²) in [5.74, 6) is 0.720. The molecule has 1 saturated carbocycles. The minimum atomic E-state index is 0.203. The Kier molecular flexibility index (Phi) is 3.18. The molecular formula is C13H17N3OS. The zero-order chi connectivity index (χ0) is 12.5. The third kappa shape index (κ3) is 2.20. The molecule has 0 aliphatic heterocycles. The minimum Gasteiger partial charge on any atom is -0.473 e. The van der Waals surface area contributed by atoms with Gasteiger partial charge in [0.2, 0.25) is 5.88 Å². The van der Waals surface area contributed by atoms with Crippen molar-refractivity contribution in [2.24, 2.45) is 5.73 Å². The molecule has 0 aromatic carbocycles. The maximum atomic E-state index is 6.03. The highest BCUT2D eigenvalue weighted by Crippen LogP contribution is 2.32. The molecule has 3 rings (SSSR count). The predicted molar refractivity (Wildman–Crippen MR) is 73.0 cm³/mol. The molecule has 5 heteroatoms. The molecule has 18 heavy (non-hydrogen) atoms. The van der Waals surface area contributed by atoms with Gasteiger partial charge in [0.15, 0.2) is 0 Å². The SMILES string of the molecule is Cc1csc2c(OC3CCCC(N)C3)ncnc12. The Hall–Kier alpha value is -1.20. The molecule has 4 nitrogen and oxygen atoms in total.